The van der Waals surface area contributed by atoms with Gasteiger partial charge in [0.25, 0.3) is 0 Å². The molecule has 2 amide bonds. The van der Waals surface area contributed by atoms with Gasteiger partial charge in [-0.05, 0) is 6.92 Å². The molecule has 3 N–H and O–H groups in total. The molecule has 0 atom stereocenters. The SMILES string of the molecule is CCOC1CC2(C1)NC(=O)N=C2N. The molecule has 5 heteroatoms. The van der Waals surface area contributed by atoms with Crippen LogP contribution in [0.25, 0.3) is 0 Å². The van der Waals surface area contributed by atoms with Gasteiger partial charge in [0, 0.05) is 19.4 Å². The highest BCUT2D eigenvalue weighted by molar-refractivity contribution is 6.06. The molecule has 2 aliphatic rings. The average Bonchev–Trinajstić information content (AvgIpc) is 2.26. The predicted octanol–water partition coefficient (Wildman–Crippen LogP) is 0.00450. The van der Waals surface area contributed by atoms with E-state index in [1.54, 1.807) is 0 Å². The summed E-state index contributed by atoms with van der Waals surface area (Å²) in [5, 5.41) is 2.76. The number of carbonyl (C=O) groups is 1. The largest absolute Gasteiger partial charge is 0.385 e. The molecule has 0 aromatic rings. The second-order valence-electron chi connectivity index (χ2n) is 3.49. The molecule has 2 rings (SSSR count). The fourth-order valence-corrected chi connectivity index (χ4v) is 1.90. The summed E-state index contributed by atoms with van der Waals surface area (Å²) < 4.78 is 5.39. The zero-order valence-corrected chi connectivity index (χ0v) is 7.54. The fourth-order valence-electron chi connectivity index (χ4n) is 1.90. The van der Waals surface area contributed by atoms with Gasteiger partial charge in [-0.25, -0.2) is 4.79 Å². The van der Waals surface area contributed by atoms with Gasteiger partial charge in [0.2, 0.25) is 0 Å². The molecule has 13 heavy (non-hydrogen) atoms. The maximum Gasteiger partial charge on any atom is 0.343 e. The van der Waals surface area contributed by atoms with E-state index < -0.39 is 0 Å². The second kappa shape index (κ2) is 2.70. The van der Waals surface area contributed by atoms with Gasteiger partial charge in [-0.1, -0.05) is 0 Å². The zero-order chi connectivity index (χ0) is 9.47. The molecule has 1 saturated carbocycles. The Kier molecular flexibility index (Phi) is 1.76. The summed E-state index contributed by atoms with van der Waals surface area (Å²) in [5.74, 6) is 0.411. The van der Waals surface area contributed by atoms with Crippen LogP contribution in [0, 0.1) is 0 Å². The minimum absolute atomic E-state index is 0.220. The number of hydrogen-bond donors (Lipinski definition) is 2. The van der Waals surface area contributed by atoms with Gasteiger partial charge in [0.1, 0.15) is 11.4 Å². The number of carbonyl (C=O) groups excluding carboxylic acids is 1. The van der Waals surface area contributed by atoms with E-state index in [1.165, 1.54) is 0 Å². The first-order chi connectivity index (χ1) is 6.16. The van der Waals surface area contributed by atoms with Crippen molar-refractivity contribution in [2.45, 2.75) is 31.4 Å². The molecule has 1 heterocycles. The van der Waals surface area contributed by atoms with E-state index in [-0.39, 0.29) is 17.7 Å². The Labute approximate surface area is 76.3 Å². The third-order valence-corrected chi connectivity index (χ3v) is 2.61. The normalized spacial score (nSPS) is 37.2. The molecular weight excluding hydrogens is 170 g/mol. The number of rotatable bonds is 2. The van der Waals surface area contributed by atoms with Crippen molar-refractivity contribution in [3.8, 4) is 0 Å². The average molecular weight is 183 g/mol. The van der Waals surface area contributed by atoms with Gasteiger partial charge in [-0.15, -0.1) is 0 Å². The van der Waals surface area contributed by atoms with Crippen LogP contribution in [0.1, 0.15) is 19.8 Å². The van der Waals surface area contributed by atoms with Crippen LogP contribution in [0.5, 0.6) is 0 Å². The molecule has 0 aromatic heterocycles. The van der Waals surface area contributed by atoms with Gasteiger partial charge in [-0.3, -0.25) is 0 Å². The molecule has 0 aromatic carbocycles. The van der Waals surface area contributed by atoms with E-state index in [9.17, 15) is 4.79 Å². The molecule has 0 saturated heterocycles. The van der Waals surface area contributed by atoms with Crippen LogP contribution in [0.4, 0.5) is 4.79 Å². The highest BCUT2D eigenvalue weighted by Crippen LogP contribution is 2.36. The highest BCUT2D eigenvalue weighted by atomic mass is 16.5. The van der Waals surface area contributed by atoms with E-state index in [0.29, 0.717) is 12.4 Å². The standard InChI is InChI=1S/C8H13N3O2/c1-2-13-5-3-8(4-5)6(9)10-7(12)11-8/h5H,2-4H2,1H3,(H3,9,10,11,12). The molecule has 72 valence electrons. The zero-order valence-electron chi connectivity index (χ0n) is 7.54. The summed E-state index contributed by atoms with van der Waals surface area (Å²) in [6, 6.07) is -0.326. The minimum atomic E-state index is -0.378. The number of urea groups is 1. The predicted molar refractivity (Wildman–Crippen MR) is 47.5 cm³/mol. The van der Waals surface area contributed by atoms with Crippen molar-refractivity contribution >= 4 is 11.9 Å². The molecule has 1 fully saturated rings. The highest BCUT2D eigenvalue weighted by Gasteiger charge is 2.52. The lowest BCUT2D eigenvalue weighted by atomic mass is 9.74. The number of ether oxygens (including phenoxy) is 1. The van der Waals surface area contributed by atoms with E-state index in [0.717, 1.165) is 12.8 Å². The third kappa shape index (κ3) is 1.19. The Morgan fingerprint density at radius 3 is 2.92 bits per heavy atom. The van der Waals surface area contributed by atoms with Crippen LogP contribution in [-0.2, 0) is 4.74 Å². The van der Waals surface area contributed by atoms with Crippen LogP contribution in [0.2, 0.25) is 0 Å². The monoisotopic (exact) mass is 183 g/mol. The summed E-state index contributed by atoms with van der Waals surface area (Å²) >= 11 is 0. The Hall–Kier alpha value is -1.10. The summed E-state index contributed by atoms with van der Waals surface area (Å²) in [4.78, 5) is 14.6. The van der Waals surface area contributed by atoms with Crippen molar-refractivity contribution in [2.75, 3.05) is 6.61 Å². The number of aliphatic imine (C=N–C) groups is 1. The van der Waals surface area contributed by atoms with Crippen LogP contribution in [0.3, 0.4) is 0 Å². The minimum Gasteiger partial charge on any atom is -0.385 e. The number of hydrogen-bond acceptors (Lipinski definition) is 3. The molecule has 1 aliphatic carbocycles. The summed E-state index contributed by atoms with van der Waals surface area (Å²) in [6.07, 6.45) is 1.72. The van der Waals surface area contributed by atoms with Crippen molar-refractivity contribution in [3.63, 3.8) is 0 Å². The molecule has 5 nitrogen and oxygen atoms in total. The number of amides is 2. The molecule has 1 spiro atoms. The van der Waals surface area contributed by atoms with Crippen molar-refractivity contribution in [3.05, 3.63) is 0 Å². The lowest BCUT2D eigenvalue weighted by molar-refractivity contribution is -0.0222. The number of nitrogens with two attached hydrogens (primary N) is 1. The van der Waals surface area contributed by atoms with Crippen molar-refractivity contribution < 1.29 is 9.53 Å². The smallest absolute Gasteiger partial charge is 0.343 e. The van der Waals surface area contributed by atoms with E-state index in [1.807, 2.05) is 6.92 Å². The fraction of sp³-hybridized carbons (Fsp3) is 0.750. The molecule has 0 radical (unpaired) electrons. The van der Waals surface area contributed by atoms with Gasteiger partial charge in [0.05, 0.1) is 6.10 Å². The lowest BCUT2D eigenvalue weighted by Crippen LogP contribution is -2.62. The van der Waals surface area contributed by atoms with Gasteiger partial charge >= 0.3 is 6.03 Å². The molecule has 1 aliphatic heterocycles. The number of amidine groups is 1. The van der Waals surface area contributed by atoms with Crippen LogP contribution in [0.15, 0.2) is 4.99 Å². The summed E-state index contributed by atoms with van der Waals surface area (Å²) in [5.41, 5.74) is 5.26. The van der Waals surface area contributed by atoms with Crippen molar-refractivity contribution in [1.82, 2.24) is 5.32 Å². The van der Waals surface area contributed by atoms with E-state index in [2.05, 4.69) is 10.3 Å². The molecule has 0 bridgehead atoms. The number of nitrogens with one attached hydrogen (secondary N) is 1. The summed E-state index contributed by atoms with van der Waals surface area (Å²) in [6.45, 7) is 2.65. The molecule has 0 unspecified atom stereocenters. The van der Waals surface area contributed by atoms with Gasteiger partial charge in [-0.2, -0.15) is 4.99 Å². The van der Waals surface area contributed by atoms with E-state index >= 15 is 0 Å². The van der Waals surface area contributed by atoms with E-state index in [4.69, 9.17) is 10.5 Å². The Balaban J connectivity index is 1.97. The quantitative estimate of drug-likeness (QED) is 0.632. The second-order valence-corrected chi connectivity index (χ2v) is 3.49. The molecular formula is C8H13N3O2. The Bertz CT molecular complexity index is 269. The topological polar surface area (TPSA) is 76.7 Å². The lowest BCUT2D eigenvalue weighted by Gasteiger charge is -2.43. The van der Waals surface area contributed by atoms with Crippen LogP contribution >= 0.6 is 0 Å². The first kappa shape index (κ1) is 8.50. The Morgan fingerprint density at radius 1 is 1.77 bits per heavy atom. The maximum atomic E-state index is 10.9. The maximum absolute atomic E-state index is 10.9. The van der Waals surface area contributed by atoms with Crippen molar-refractivity contribution in [2.24, 2.45) is 10.7 Å². The van der Waals surface area contributed by atoms with Gasteiger partial charge in [0.15, 0.2) is 0 Å². The van der Waals surface area contributed by atoms with Crippen LogP contribution in [-0.4, -0.2) is 30.1 Å². The van der Waals surface area contributed by atoms with Crippen LogP contribution < -0.4 is 11.1 Å². The first-order valence-electron chi connectivity index (χ1n) is 4.45. The number of nitrogens with zero attached hydrogens (tertiary/aromatic N) is 1. The van der Waals surface area contributed by atoms with Gasteiger partial charge < -0.3 is 15.8 Å². The first-order valence-corrected chi connectivity index (χ1v) is 4.45. The third-order valence-electron chi connectivity index (χ3n) is 2.61. The summed E-state index contributed by atoms with van der Waals surface area (Å²) in [7, 11) is 0. The van der Waals surface area contributed by atoms with Crippen molar-refractivity contribution in [1.29, 1.82) is 0 Å². The Morgan fingerprint density at radius 2 is 2.46 bits per heavy atom.